The Morgan fingerprint density at radius 2 is 1.81 bits per heavy atom. The van der Waals surface area contributed by atoms with Crippen LogP contribution in [0.3, 0.4) is 0 Å². The molecule has 1 aliphatic heterocycles. The van der Waals surface area contributed by atoms with Gasteiger partial charge in [-0.15, -0.1) is 0 Å². The average Bonchev–Trinajstić information content (AvgIpc) is 2.92. The van der Waals surface area contributed by atoms with E-state index in [1.165, 1.54) is 24.3 Å². The Bertz CT molecular complexity index is 1060. The van der Waals surface area contributed by atoms with Crippen LogP contribution in [-0.4, -0.2) is 32.1 Å². The first kappa shape index (κ1) is 17.6. The predicted molar refractivity (Wildman–Crippen MR) is 102 cm³/mol. The van der Waals surface area contributed by atoms with Gasteiger partial charge in [0.25, 0.3) is 0 Å². The van der Waals surface area contributed by atoms with Gasteiger partial charge in [0.15, 0.2) is 0 Å². The number of rotatable bonds is 4. The summed E-state index contributed by atoms with van der Waals surface area (Å²) >= 11 is 5.67. The van der Waals surface area contributed by atoms with Crippen LogP contribution < -0.4 is 0 Å². The lowest BCUT2D eigenvalue weighted by atomic mass is 10.0. The van der Waals surface area contributed by atoms with Crippen molar-refractivity contribution in [3.8, 4) is 0 Å². The number of carboxylic acids is 1. The van der Waals surface area contributed by atoms with Crippen LogP contribution in [0.15, 0.2) is 42.5 Å². The zero-order valence-corrected chi connectivity index (χ0v) is 15.1. The summed E-state index contributed by atoms with van der Waals surface area (Å²) in [5.74, 6) is -1.65. The fraction of sp³-hybridized carbons (Fsp3) is 0.200. The maximum Gasteiger partial charge on any atom is 0.323 e. The summed E-state index contributed by atoms with van der Waals surface area (Å²) < 4.78 is 28.6. The molecule has 0 fully saturated rings. The number of hydrogen-bond donors (Lipinski definition) is 1. The van der Waals surface area contributed by atoms with Crippen molar-refractivity contribution in [2.24, 2.45) is 0 Å². The van der Waals surface area contributed by atoms with E-state index in [0.717, 1.165) is 11.1 Å². The van der Waals surface area contributed by atoms with Gasteiger partial charge < -0.3 is 14.6 Å². The zero-order valence-electron chi connectivity index (χ0n) is 14.3. The summed E-state index contributed by atoms with van der Waals surface area (Å²) in [5.41, 5.74) is 3.11. The van der Waals surface area contributed by atoms with Gasteiger partial charge in [0.2, 0.25) is 0 Å². The summed E-state index contributed by atoms with van der Waals surface area (Å²) in [6.07, 6.45) is 0.628. The molecule has 0 spiro atoms. The third-order valence-corrected chi connectivity index (χ3v) is 5.28. The lowest BCUT2D eigenvalue weighted by molar-refractivity contribution is -0.137. The SMILES string of the molecule is O=C(O)Cn1c2c(c3cc(F)ccc31)CCN(Cc1ccc(F)cc1)C2=S. The quantitative estimate of drug-likeness (QED) is 0.694. The highest BCUT2D eigenvalue weighted by atomic mass is 32.1. The molecule has 1 aromatic heterocycles. The van der Waals surface area contributed by atoms with E-state index in [-0.39, 0.29) is 18.2 Å². The third-order valence-electron chi connectivity index (χ3n) is 4.83. The number of thiocarbonyl (C=S) groups is 1. The van der Waals surface area contributed by atoms with E-state index in [9.17, 15) is 18.7 Å². The van der Waals surface area contributed by atoms with Crippen molar-refractivity contribution < 1.29 is 18.7 Å². The van der Waals surface area contributed by atoms with Crippen LogP contribution in [0.1, 0.15) is 16.8 Å². The van der Waals surface area contributed by atoms with Crippen molar-refractivity contribution in [1.29, 1.82) is 0 Å². The van der Waals surface area contributed by atoms with Crippen LogP contribution in [0.2, 0.25) is 0 Å². The fourth-order valence-corrected chi connectivity index (χ4v) is 4.04. The van der Waals surface area contributed by atoms with Gasteiger partial charge in [0.05, 0.1) is 5.69 Å². The van der Waals surface area contributed by atoms with E-state index in [1.807, 2.05) is 4.90 Å². The monoisotopic (exact) mass is 386 g/mol. The summed E-state index contributed by atoms with van der Waals surface area (Å²) in [7, 11) is 0. The Labute approximate surface area is 159 Å². The van der Waals surface area contributed by atoms with Gasteiger partial charge in [-0.3, -0.25) is 4.79 Å². The van der Waals surface area contributed by atoms with E-state index in [4.69, 9.17) is 12.2 Å². The van der Waals surface area contributed by atoms with E-state index in [1.54, 1.807) is 22.8 Å². The molecule has 4 nitrogen and oxygen atoms in total. The van der Waals surface area contributed by atoms with Crippen molar-refractivity contribution in [3.63, 3.8) is 0 Å². The highest BCUT2D eigenvalue weighted by Gasteiger charge is 2.29. The molecule has 3 aromatic rings. The smallest absolute Gasteiger partial charge is 0.323 e. The van der Waals surface area contributed by atoms with Gasteiger partial charge in [-0.25, -0.2) is 8.78 Å². The molecular formula is C20H16F2N2O2S. The molecule has 7 heteroatoms. The molecule has 138 valence electrons. The molecule has 0 radical (unpaired) electrons. The second-order valence-electron chi connectivity index (χ2n) is 6.57. The second-order valence-corrected chi connectivity index (χ2v) is 6.96. The minimum atomic E-state index is -0.988. The number of carboxylic acid groups (broad SMARTS) is 1. The molecule has 1 N–H and O–H groups in total. The first-order valence-electron chi connectivity index (χ1n) is 8.50. The molecule has 2 aromatic carbocycles. The molecule has 0 unspecified atom stereocenters. The Morgan fingerprint density at radius 1 is 1.11 bits per heavy atom. The number of benzene rings is 2. The molecule has 27 heavy (non-hydrogen) atoms. The molecule has 0 saturated carbocycles. The number of halogens is 2. The van der Waals surface area contributed by atoms with E-state index in [0.29, 0.717) is 41.1 Å². The first-order valence-corrected chi connectivity index (χ1v) is 8.91. The highest BCUT2D eigenvalue weighted by molar-refractivity contribution is 7.80. The zero-order chi connectivity index (χ0) is 19.1. The van der Waals surface area contributed by atoms with Crippen molar-refractivity contribution in [1.82, 2.24) is 9.47 Å². The van der Waals surface area contributed by atoms with Crippen LogP contribution in [0.5, 0.6) is 0 Å². The highest BCUT2D eigenvalue weighted by Crippen LogP contribution is 2.32. The van der Waals surface area contributed by atoms with E-state index < -0.39 is 5.97 Å². The van der Waals surface area contributed by atoms with Gasteiger partial charge in [-0.05, 0) is 47.9 Å². The topological polar surface area (TPSA) is 45.5 Å². The van der Waals surface area contributed by atoms with Crippen LogP contribution >= 0.6 is 12.2 Å². The summed E-state index contributed by atoms with van der Waals surface area (Å²) in [6, 6.07) is 10.6. The Hall–Kier alpha value is -2.80. The van der Waals surface area contributed by atoms with Gasteiger partial charge in [0, 0.05) is 24.0 Å². The van der Waals surface area contributed by atoms with Crippen molar-refractivity contribution in [3.05, 3.63) is 70.9 Å². The van der Waals surface area contributed by atoms with Crippen molar-refractivity contribution in [2.75, 3.05) is 6.54 Å². The molecule has 1 aliphatic rings. The number of aliphatic carboxylic acids is 1. The molecular weight excluding hydrogens is 370 g/mol. The predicted octanol–water partition coefficient (Wildman–Crippen LogP) is 3.74. The van der Waals surface area contributed by atoms with Gasteiger partial charge in [-0.2, -0.15) is 0 Å². The van der Waals surface area contributed by atoms with E-state index >= 15 is 0 Å². The molecule has 0 atom stereocenters. The Kier molecular flexibility index (Phi) is 4.39. The molecule has 2 heterocycles. The normalized spacial score (nSPS) is 13.9. The van der Waals surface area contributed by atoms with Crippen LogP contribution in [0.25, 0.3) is 10.9 Å². The lowest BCUT2D eigenvalue weighted by Crippen LogP contribution is -2.37. The Morgan fingerprint density at radius 3 is 2.52 bits per heavy atom. The van der Waals surface area contributed by atoms with Crippen LogP contribution in [0.4, 0.5) is 8.78 Å². The first-order chi connectivity index (χ1) is 12.9. The molecule has 0 amide bonds. The fourth-order valence-electron chi connectivity index (χ4n) is 3.65. The third kappa shape index (κ3) is 3.19. The number of carbonyl (C=O) groups is 1. The Balaban J connectivity index is 1.77. The molecule has 0 aliphatic carbocycles. The minimum Gasteiger partial charge on any atom is -0.480 e. The molecule has 0 saturated heterocycles. The van der Waals surface area contributed by atoms with Crippen molar-refractivity contribution >= 4 is 34.1 Å². The summed E-state index contributed by atoms with van der Waals surface area (Å²) in [6.45, 7) is 0.884. The second kappa shape index (κ2) is 6.74. The number of fused-ring (bicyclic) bond motifs is 3. The summed E-state index contributed by atoms with van der Waals surface area (Å²) in [5, 5.41) is 10.0. The maximum atomic E-state index is 13.8. The van der Waals surface area contributed by atoms with Gasteiger partial charge >= 0.3 is 5.97 Å². The largest absolute Gasteiger partial charge is 0.480 e. The average molecular weight is 386 g/mol. The maximum absolute atomic E-state index is 13.8. The van der Waals surface area contributed by atoms with Gasteiger partial charge in [0.1, 0.15) is 23.2 Å². The van der Waals surface area contributed by atoms with Crippen LogP contribution in [-0.2, 0) is 24.3 Å². The summed E-state index contributed by atoms with van der Waals surface area (Å²) in [4.78, 5) is 13.9. The lowest BCUT2D eigenvalue weighted by Gasteiger charge is -2.31. The van der Waals surface area contributed by atoms with Crippen molar-refractivity contribution in [2.45, 2.75) is 19.5 Å². The van der Waals surface area contributed by atoms with Gasteiger partial charge in [-0.1, -0.05) is 24.4 Å². The molecule has 4 rings (SSSR count). The van der Waals surface area contributed by atoms with Crippen LogP contribution in [0, 0.1) is 11.6 Å². The number of hydrogen-bond acceptors (Lipinski definition) is 2. The molecule has 0 bridgehead atoms. The number of nitrogens with zero attached hydrogens (tertiary/aromatic N) is 2. The number of aromatic nitrogens is 1. The standard InChI is InChI=1S/C20H16F2N2O2S/c21-13-3-1-12(2-4-13)10-23-8-7-15-16-9-14(22)5-6-17(16)24(11-18(25)26)19(15)20(23)27/h1-6,9H,7-8,10-11H2,(H,25,26). The minimum absolute atomic E-state index is 0.248. The van der Waals surface area contributed by atoms with E-state index in [2.05, 4.69) is 0 Å².